The largest absolute Gasteiger partial charge is 0.418 e. The number of aromatic nitrogens is 3. The molecule has 2 aromatic heterocycles. The van der Waals surface area contributed by atoms with Crippen molar-refractivity contribution >= 4 is 39.1 Å². The van der Waals surface area contributed by atoms with Crippen LogP contribution in [0.25, 0.3) is 0 Å². The lowest BCUT2D eigenvalue weighted by atomic mass is 10.1. The molecule has 0 bridgehead atoms. The van der Waals surface area contributed by atoms with E-state index in [2.05, 4.69) is 46.8 Å². The molecule has 0 spiro atoms. The first-order chi connectivity index (χ1) is 17.0. The minimum atomic E-state index is -4.63. The number of hydrogen-bond donors (Lipinski definition) is 3. The second-order valence-corrected chi connectivity index (χ2v) is 9.18. The van der Waals surface area contributed by atoms with E-state index in [1.54, 1.807) is 0 Å². The molecule has 1 aromatic carbocycles. The van der Waals surface area contributed by atoms with Crippen LogP contribution in [-0.2, 0) is 11.0 Å². The van der Waals surface area contributed by atoms with E-state index in [1.165, 1.54) is 44.0 Å². The number of halogens is 5. The van der Waals surface area contributed by atoms with Gasteiger partial charge in [0.15, 0.2) is 0 Å². The van der Waals surface area contributed by atoms with Gasteiger partial charge in [-0.3, -0.25) is 14.6 Å². The number of alkyl halides is 3. The molecule has 2 amide bonds. The summed E-state index contributed by atoms with van der Waals surface area (Å²) < 4.78 is 55.1. The number of nitrogens with one attached hydrogen (secondary N) is 3. The standard InChI is InChI=1S/C23H19BrF4N6O2/c1-12(32-21(36)22(4-5-22)34-20(35)13-8-29-11-30-9-13)19-17(25)7-15(10-31-19)33-18-3-2-14(24)6-16(18)23(26,27)28/h2-3,6-12,33H,4-5H2,1H3,(H,32,36)(H,34,35). The SMILES string of the molecule is CC(NC(=O)C1(NC(=O)c2cncnc2)CC1)c1ncc(Nc2ccc(Br)cc2C(F)(F)F)cc1F. The highest BCUT2D eigenvalue weighted by molar-refractivity contribution is 9.10. The van der Waals surface area contributed by atoms with E-state index in [0.717, 1.165) is 12.1 Å². The van der Waals surface area contributed by atoms with Gasteiger partial charge in [0, 0.05) is 22.9 Å². The van der Waals surface area contributed by atoms with Crippen molar-refractivity contribution in [2.75, 3.05) is 5.32 Å². The molecule has 1 aliphatic rings. The molecule has 1 unspecified atom stereocenters. The fourth-order valence-electron chi connectivity index (χ4n) is 3.49. The van der Waals surface area contributed by atoms with Gasteiger partial charge in [-0.05, 0) is 38.0 Å². The molecular weight excluding hydrogens is 548 g/mol. The van der Waals surface area contributed by atoms with Crippen molar-refractivity contribution in [1.82, 2.24) is 25.6 Å². The zero-order valence-electron chi connectivity index (χ0n) is 18.7. The summed E-state index contributed by atoms with van der Waals surface area (Å²) in [6.07, 6.45) is 1.26. The van der Waals surface area contributed by atoms with E-state index in [9.17, 15) is 27.2 Å². The Balaban J connectivity index is 1.44. The first kappa shape index (κ1) is 25.5. The van der Waals surface area contributed by atoms with Crippen molar-refractivity contribution in [2.24, 2.45) is 0 Å². The number of carbonyl (C=O) groups excluding carboxylic acids is 2. The van der Waals surface area contributed by atoms with E-state index < -0.39 is 41.0 Å². The van der Waals surface area contributed by atoms with Crippen molar-refractivity contribution in [3.8, 4) is 0 Å². The molecule has 4 rings (SSSR count). The molecule has 1 aliphatic carbocycles. The van der Waals surface area contributed by atoms with Crippen LogP contribution < -0.4 is 16.0 Å². The van der Waals surface area contributed by atoms with Crippen LogP contribution in [0.1, 0.15) is 47.4 Å². The van der Waals surface area contributed by atoms with E-state index in [-0.39, 0.29) is 27.1 Å². The first-order valence-corrected chi connectivity index (χ1v) is 11.5. The predicted octanol–water partition coefficient (Wildman–Crippen LogP) is 4.68. The molecule has 8 nitrogen and oxygen atoms in total. The highest BCUT2D eigenvalue weighted by atomic mass is 79.9. The predicted molar refractivity (Wildman–Crippen MR) is 125 cm³/mol. The molecule has 3 N–H and O–H groups in total. The Morgan fingerprint density at radius 3 is 2.42 bits per heavy atom. The van der Waals surface area contributed by atoms with Gasteiger partial charge in [-0.1, -0.05) is 15.9 Å². The molecule has 0 aliphatic heterocycles. The summed E-state index contributed by atoms with van der Waals surface area (Å²) in [4.78, 5) is 36.7. The van der Waals surface area contributed by atoms with Crippen molar-refractivity contribution in [3.63, 3.8) is 0 Å². The number of nitrogens with zero attached hydrogens (tertiary/aromatic N) is 3. The maximum atomic E-state index is 14.8. The average Bonchev–Trinajstić information content (AvgIpc) is 3.61. The number of hydrogen-bond acceptors (Lipinski definition) is 6. The lowest BCUT2D eigenvalue weighted by molar-refractivity contribution is -0.137. The molecule has 188 valence electrons. The summed E-state index contributed by atoms with van der Waals surface area (Å²) in [6, 6.07) is 3.67. The van der Waals surface area contributed by atoms with Gasteiger partial charge in [0.2, 0.25) is 5.91 Å². The van der Waals surface area contributed by atoms with Gasteiger partial charge in [-0.2, -0.15) is 13.2 Å². The molecule has 1 atom stereocenters. The summed E-state index contributed by atoms with van der Waals surface area (Å²) in [7, 11) is 0. The van der Waals surface area contributed by atoms with Crippen LogP contribution >= 0.6 is 15.9 Å². The number of anilines is 2. The maximum Gasteiger partial charge on any atom is 0.418 e. The van der Waals surface area contributed by atoms with E-state index >= 15 is 0 Å². The van der Waals surface area contributed by atoms with Gasteiger partial charge in [0.25, 0.3) is 5.91 Å². The Kier molecular flexibility index (Phi) is 6.94. The van der Waals surface area contributed by atoms with Crippen molar-refractivity contribution in [2.45, 2.75) is 37.5 Å². The van der Waals surface area contributed by atoms with Crippen molar-refractivity contribution in [1.29, 1.82) is 0 Å². The van der Waals surface area contributed by atoms with Crippen LogP contribution in [0.3, 0.4) is 0 Å². The number of amides is 2. The number of rotatable bonds is 7. The smallest absolute Gasteiger partial charge is 0.354 e. The minimum absolute atomic E-state index is 0.00129. The number of benzene rings is 1. The van der Waals surface area contributed by atoms with Gasteiger partial charge in [0.1, 0.15) is 17.7 Å². The molecule has 0 radical (unpaired) electrons. The van der Waals surface area contributed by atoms with Crippen LogP contribution in [0.4, 0.5) is 28.9 Å². The van der Waals surface area contributed by atoms with Crippen LogP contribution in [0.2, 0.25) is 0 Å². The van der Waals surface area contributed by atoms with Gasteiger partial charge in [-0.25, -0.2) is 14.4 Å². The van der Waals surface area contributed by atoms with E-state index in [4.69, 9.17) is 0 Å². The van der Waals surface area contributed by atoms with E-state index in [1.807, 2.05) is 0 Å². The lowest BCUT2D eigenvalue weighted by Crippen LogP contribution is -2.49. The Morgan fingerprint density at radius 2 is 1.81 bits per heavy atom. The second kappa shape index (κ2) is 9.80. The number of carbonyl (C=O) groups is 2. The summed E-state index contributed by atoms with van der Waals surface area (Å²) in [6.45, 7) is 1.51. The van der Waals surface area contributed by atoms with Crippen LogP contribution in [0.5, 0.6) is 0 Å². The molecule has 13 heteroatoms. The fraction of sp³-hybridized carbons (Fsp3) is 0.261. The first-order valence-electron chi connectivity index (χ1n) is 10.7. The Bertz CT molecular complexity index is 1300. The second-order valence-electron chi connectivity index (χ2n) is 8.26. The van der Waals surface area contributed by atoms with Gasteiger partial charge in [0.05, 0.1) is 40.4 Å². The quantitative estimate of drug-likeness (QED) is 0.358. The van der Waals surface area contributed by atoms with E-state index in [0.29, 0.717) is 12.8 Å². The Hall–Kier alpha value is -3.61. The minimum Gasteiger partial charge on any atom is -0.354 e. The summed E-state index contributed by atoms with van der Waals surface area (Å²) in [5.41, 5.74) is -2.25. The van der Waals surface area contributed by atoms with Gasteiger partial charge >= 0.3 is 6.18 Å². The van der Waals surface area contributed by atoms with Crippen LogP contribution in [0, 0.1) is 5.82 Å². The van der Waals surface area contributed by atoms with Crippen molar-refractivity contribution in [3.05, 3.63) is 76.3 Å². The molecule has 2 heterocycles. The zero-order valence-corrected chi connectivity index (χ0v) is 20.2. The Morgan fingerprint density at radius 1 is 1.11 bits per heavy atom. The molecule has 0 saturated heterocycles. The maximum absolute atomic E-state index is 14.8. The summed E-state index contributed by atoms with van der Waals surface area (Å²) in [5, 5.41) is 7.84. The molecule has 1 fully saturated rings. The molecule has 1 saturated carbocycles. The topological polar surface area (TPSA) is 109 Å². The third-order valence-electron chi connectivity index (χ3n) is 5.55. The van der Waals surface area contributed by atoms with Crippen molar-refractivity contribution < 1.29 is 27.2 Å². The summed E-state index contributed by atoms with van der Waals surface area (Å²) >= 11 is 3.01. The monoisotopic (exact) mass is 566 g/mol. The third-order valence-corrected chi connectivity index (χ3v) is 6.05. The van der Waals surface area contributed by atoms with Crippen LogP contribution in [0.15, 0.2) is 53.7 Å². The summed E-state index contributed by atoms with van der Waals surface area (Å²) in [5.74, 6) is -1.84. The highest BCUT2D eigenvalue weighted by Crippen LogP contribution is 2.38. The average molecular weight is 567 g/mol. The zero-order chi connectivity index (χ0) is 26.1. The normalized spacial score (nSPS) is 15.1. The molecule has 3 aromatic rings. The Labute approximate surface area is 211 Å². The molecular formula is C23H19BrF4N6O2. The van der Waals surface area contributed by atoms with Gasteiger partial charge < -0.3 is 16.0 Å². The number of pyridine rings is 1. The van der Waals surface area contributed by atoms with Gasteiger partial charge in [-0.15, -0.1) is 0 Å². The lowest BCUT2D eigenvalue weighted by Gasteiger charge is -2.21. The highest BCUT2D eigenvalue weighted by Gasteiger charge is 2.51. The molecule has 36 heavy (non-hydrogen) atoms. The van der Waals surface area contributed by atoms with Crippen LogP contribution in [-0.4, -0.2) is 32.3 Å². The third kappa shape index (κ3) is 5.61. The fourth-order valence-corrected chi connectivity index (χ4v) is 3.85.